The van der Waals surface area contributed by atoms with Crippen LogP contribution in [0.4, 0.5) is 22.7 Å². The molecule has 1 unspecified atom stereocenters. The van der Waals surface area contributed by atoms with Gasteiger partial charge in [-0.2, -0.15) is 0 Å². The zero-order chi connectivity index (χ0) is 23.1. The van der Waals surface area contributed by atoms with Crippen LogP contribution in [0.1, 0.15) is 6.92 Å². The van der Waals surface area contributed by atoms with Crippen LogP contribution in [0.15, 0.2) is 48.5 Å². The highest BCUT2D eigenvalue weighted by Gasteiger charge is 2.21. The van der Waals surface area contributed by atoms with Gasteiger partial charge in [0.15, 0.2) is 0 Å². The zero-order valence-corrected chi connectivity index (χ0v) is 18.1. The van der Waals surface area contributed by atoms with Crippen molar-refractivity contribution in [3.63, 3.8) is 0 Å². The summed E-state index contributed by atoms with van der Waals surface area (Å²) in [4.78, 5) is 39.1. The molecule has 32 heavy (non-hydrogen) atoms. The highest BCUT2D eigenvalue weighted by atomic mass is 16.6. The minimum absolute atomic E-state index is 0.00867. The standard InChI is InChI=1S/C22H27N5O5/c1-16(22(29)24-18-4-3-5-20(14-18)27(30)31)25(2)15-21(28)23-17-6-8-19(9-7-17)26-10-12-32-13-11-26/h3-9,14,16H,10-13,15H2,1-2H3,(H,23,28)(H,24,29). The summed E-state index contributed by atoms with van der Waals surface area (Å²) >= 11 is 0. The summed E-state index contributed by atoms with van der Waals surface area (Å²) in [5.74, 6) is -0.614. The van der Waals surface area contributed by atoms with Crippen LogP contribution in [-0.4, -0.2) is 67.6 Å². The molecule has 0 radical (unpaired) electrons. The van der Waals surface area contributed by atoms with Crippen LogP contribution in [0.3, 0.4) is 0 Å². The minimum Gasteiger partial charge on any atom is -0.378 e. The number of morpholine rings is 1. The lowest BCUT2D eigenvalue weighted by molar-refractivity contribution is -0.384. The van der Waals surface area contributed by atoms with Gasteiger partial charge in [-0.1, -0.05) is 6.07 Å². The summed E-state index contributed by atoms with van der Waals surface area (Å²) in [6, 6.07) is 12.7. The fourth-order valence-corrected chi connectivity index (χ4v) is 3.29. The lowest BCUT2D eigenvalue weighted by atomic mass is 10.2. The third kappa shape index (κ3) is 6.25. The van der Waals surface area contributed by atoms with Crippen LogP contribution < -0.4 is 15.5 Å². The van der Waals surface area contributed by atoms with Crippen molar-refractivity contribution in [2.75, 3.05) is 55.4 Å². The molecule has 1 aliphatic heterocycles. The van der Waals surface area contributed by atoms with Crippen molar-refractivity contribution in [1.82, 2.24) is 4.90 Å². The van der Waals surface area contributed by atoms with Gasteiger partial charge in [-0.15, -0.1) is 0 Å². The first-order chi connectivity index (χ1) is 15.3. The number of non-ortho nitro benzene ring substituents is 1. The number of nitro benzene ring substituents is 1. The number of carbonyl (C=O) groups is 2. The maximum absolute atomic E-state index is 12.5. The fourth-order valence-electron chi connectivity index (χ4n) is 3.29. The monoisotopic (exact) mass is 441 g/mol. The summed E-state index contributed by atoms with van der Waals surface area (Å²) < 4.78 is 5.36. The largest absolute Gasteiger partial charge is 0.378 e. The molecule has 1 heterocycles. The number of benzene rings is 2. The van der Waals surface area contributed by atoms with E-state index in [2.05, 4.69) is 15.5 Å². The Morgan fingerprint density at radius 3 is 2.47 bits per heavy atom. The molecule has 0 aliphatic carbocycles. The van der Waals surface area contributed by atoms with Crippen LogP contribution in [0, 0.1) is 10.1 Å². The average molecular weight is 441 g/mol. The number of hydrogen-bond donors (Lipinski definition) is 2. The van der Waals surface area contributed by atoms with Crippen molar-refractivity contribution in [2.24, 2.45) is 0 Å². The molecule has 3 rings (SSSR count). The number of anilines is 3. The first-order valence-corrected chi connectivity index (χ1v) is 10.3. The number of nitro groups is 1. The molecule has 0 spiro atoms. The van der Waals surface area contributed by atoms with E-state index in [1.807, 2.05) is 24.3 Å². The van der Waals surface area contributed by atoms with Gasteiger partial charge in [0.2, 0.25) is 11.8 Å². The second-order valence-electron chi connectivity index (χ2n) is 7.58. The van der Waals surface area contributed by atoms with Crippen LogP contribution in [0.5, 0.6) is 0 Å². The second kappa shape index (κ2) is 10.7. The Bertz CT molecular complexity index is 959. The molecule has 1 atom stereocenters. The molecule has 2 N–H and O–H groups in total. The topological polar surface area (TPSA) is 117 Å². The first kappa shape index (κ1) is 23.2. The lowest BCUT2D eigenvalue weighted by Gasteiger charge is -2.29. The van der Waals surface area contributed by atoms with E-state index in [0.29, 0.717) is 24.6 Å². The fraction of sp³-hybridized carbons (Fsp3) is 0.364. The quantitative estimate of drug-likeness (QED) is 0.477. The van der Waals surface area contributed by atoms with Crippen LogP contribution in [0.2, 0.25) is 0 Å². The van der Waals surface area contributed by atoms with Crippen molar-refractivity contribution in [2.45, 2.75) is 13.0 Å². The Hall–Kier alpha value is -3.50. The predicted octanol–water partition coefficient (Wildman–Crippen LogP) is 2.33. The van der Waals surface area contributed by atoms with Crippen molar-refractivity contribution in [3.05, 3.63) is 58.6 Å². The number of rotatable bonds is 8. The van der Waals surface area contributed by atoms with Gasteiger partial charge in [0, 0.05) is 42.3 Å². The van der Waals surface area contributed by atoms with Crippen molar-refractivity contribution >= 4 is 34.6 Å². The number of nitrogens with zero attached hydrogens (tertiary/aromatic N) is 3. The van der Waals surface area contributed by atoms with Crippen molar-refractivity contribution < 1.29 is 19.2 Å². The number of likely N-dealkylation sites (N-methyl/N-ethyl adjacent to an activating group) is 1. The van der Waals surface area contributed by atoms with E-state index >= 15 is 0 Å². The van der Waals surface area contributed by atoms with E-state index in [1.54, 1.807) is 24.9 Å². The lowest BCUT2D eigenvalue weighted by Crippen LogP contribution is -2.43. The molecule has 170 valence electrons. The molecule has 10 nitrogen and oxygen atoms in total. The molecule has 10 heteroatoms. The highest BCUT2D eigenvalue weighted by molar-refractivity contribution is 5.96. The summed E-state index contributed by atoms with van der Waals surface area (Å²) in [5, 5.41) is 16.4. The Labute approximate surface area is 186 Å². The van der Waals surface area contributed by atoms with Gasteiger partial charge in [0.05, 0.1) is 30.7 Å². The van der Waals surface area contributed by atoms with Crippen LogP contribution in [-0.2, 0) is 14.3 Å². The molecule has 2 aromatic rings. The first-order valence-electron chi connectivity index (χ1n) is 10.3. The second-order valence-corrected chi connectivity index (χ2v) is 7.58. The Balaban J connectivity index is 1.50. The van der Waals surface area contributed by atoms with Gasteiger partial charge >= 0.3 is 0 Å². The number of nitrogens with one attached hydrogen (secondary N) is 2. The molecular formula is C22H27N5O5. The summed E-state index contributed by atoms with van der Waals surface area (Å²) in [6.45, 7) is 4.76. The van der Waals surface area contributed by atoms with Crippen LogP contribution >= 0.6 is 0 Å². The normalized spacial score (nSPS) is 14.7. The molecular weight excluding hydrogens is 414 g/mol. The van der Waals surface area contributed by atoms with Gasteiger partial charge in [-0.3, -0.25) is 24.6 Å². The van der Waals surface area contributed by atoms with E-state index in [0.717, 1.165) is 18.8 Å². The molecule has 2 amide bonds. The van der Waals surface area contributed by atoms with Gasteiger partial charge < -0.3 is 20.3 Å². The maximum Gasteiger partial charge on any atom is 0.271 e. The van der Waals surface area contributed by atoms with Crippen molar-refractivity contribution in [3.8, 4) is 0 Å². The Morgan fingerprint density at radius 1 is 1.12 bits per heavy atom. The van der Waals surface area contributed by atoms with E-state index in [9.17, 15) is 19.7 Å². The molecule has 0 saturated carbocycles. The predicted molar refractivity (Wildman–Crippen MR) is 122 cm³/mol. The van der Waals surface area contributed by atoms with Crippen molar-refractivity contribution in [1.29, 1.82) is 0 Å². The van der Waals surface area contributed by atoms with Gasteiger partial charge in [0.25, 0.3) is 5.69 Å². The minimum atomic E-state index is -0.622. The van der Waals surface area contributed by atoms with Gasteiger partial charge in [-0.25, -0.2) is 0 Å². The summed E-state index contributed by atoms with van der Waals surface area (Å²) in [6.07, 6.45) is 0. The molecule has 1 fully saturated rings. The Kier molecular flexibility index (Phi) is 7.74. The zero-order valence-electron chi connectivity index (χ0n) is 18.1. The van der Waals surface area contributed by atoms with E-state index in [1.165, 1.54) is 18.2 Å². The average Bonchev–Trinajstić information content (AvgIpc) is 2.79. The van der Waals surface area contributed by atoms with E-state index in [4.69, 9.17) is 4.74 Å². The number of ether oxygens (including phenoxy) is 1. The molecule has 0 bridgehead atoms. The Morgan fingerprint density at radius 2 is 1.81 bits per heavy atom. The van der Waals surface area contributed by atoms with Gasteiger partial charge in [-0.05, 0) is 44.3 Å². The smallest absolute Gasteiger partial charge is 0.271 e. The molecule has 2 aromatic carbocycles. The van der Waals surface area contributed by atoms with Crippen LogP contribution in [0.25, 0.3) is 0 Å². The van der Waals surface area contributed by atoms with E-state index < -0.39 is 11.0 Å². The number of hydrogen-bond acceptors (Lipinski definition) is 7. The maximum atomic E-state index is 12.5. The number of carbonyl (C=O) groups excluding carboxylic acids is 2. The highest BCUT2D eigenvalue weighted by Crippen LogP contribution is 2.19. The summed E-state index contributed by atoms with van der Waals surface area (Å²) in [5.41, 5.74) is 1.97. The molecule has 1 saturated heterocycles. The van der Waals surface area contributed by atoms with E-state index in [-0.39, 0.29) is 24.0 Å². The third-order valence-corrected chi connectivity index (χ3v) is 5.29. The molecule has 1 aliphatic rings. The SMILES string of the molecule is CC(C(=O)Nc1cccc([N+](=O)[O-])c1)N(C)CC(=O)Nc1ccc(N2CCOCC2)cc1. The number of amides is 2. The third-order valence-electron chi connectivity index (χ3n) is 5.29. The van der Waals surface area contributed by atoms with Gasteiger partial charge in [0.1, 0.15) is 0 Å². The molecule has 0 aromatic heterocycles. The summed E-state index contributed by atoms with van der Waals surface area (Å²) in [7, 11) is 1.67.